The van der Waals surface area contributed by atoms with Crippen molar-refractivity contribution in [2.45, 2.75) is 13.3 Å². The lowest BCUT2D eigenvalue weighted by Crippen LogP contribution is -1.90. The van der Waals surface area contributed by atoms with Crippen LogP contribution in [0.5, 0.6) is 0 Å². The Morgan fingerprint density at radius 2 is 1.73 bits per heavy atom. The van der Waals surface area contributed by atoms with E-state index in [1.807, 2.05) is 17.4 Å². The van der Waals surface area contributed by atoms with Crippen molar-refractivity contribution in [1.82, 2.24) is 4.40 Å². The average Bonchev–Trinajstić information content (AvgIpc) is 3.32. The van der Waals surface area contributed by atoms with Gasteiger partial charge in [0.25, 0.3) is 0 Å². The number of benzene rings is 3. The number of thiophene rings is 1. The Morgan fingerprint density at radius 3 is 2.58 bits per heavy atom. The molecule has 0 N–H and O–H groups in total. The summed E-state index contributed by atoms with van der Waals surface area (Å²) < 4.78 is 5.24. The van der Waals surface area contributed by atoms with Crippen LogP contribution in [-0.2, 0) is 6.42 Å². The lowest BCUT2D eigenvalue weighted by Gasteiger charge is -2.02. The van der Waals surface area contributed by atoms with Gasteiger partial charge in [0, 0.05) is 47.6 Å². The fourth-order valence-corrected chi connectivity index (χ4v) is 5.94. The fraction of sp³-hybridized carbons (Fsp3) is 0.0833. The van der Waals surface area contributed by atoms with E-state index in [-0.39, 0.29) is 0 Å². The van der Waals surface area contributed by atoms with Gasteiger partial charge < -0.3 is 4.40 Å². The molecule has 1 nitrogen and oxygen atoms in total. The van der Waals surface area contributed by atoms with Crippen LogP contribution in [0.1, 0.15) is 18.2 Å². The first kappa shape index (κ1) is 14.3. The smallest absolute Gasteiger partial charge is 0.0617 e. The van der Waals surface area contributed by atoms with E-state index in [2.05, 4.69) is 72.5 Å². The molecule has 0 atom stereocenters. The molecule has 0 fully saturated rings. The number of hydrogen-bond donors (Lipinski definition) is 0. The summed E-state index contributed by atoms with van der Waals surface area (Å²) in [4.78, 5) is 0. The number of rotatable bonds is 2. The maximum atomic E-state index is 4.08. The highest BCUT2D eigenvalue weighted by atomic mass is 32.1. The van der Waals surface area contributed by atoms with Crippen LogP contribution in [-0.4, -0.2) is 4.40 Å². The zero-order valence-corrected chi connectivity index (χ0v) is 15.4. The van der Waals surface area contributed by atoms with Gasteiger partial charge in [-0.2, -0.15) is 0 Å². The molecule has 3 aromatic heterocycles. The quantitative estimate of drug-likeness (QED) is 0.309. The van der Waals surface area contributed by atoms with Crippen LogP contribution in [0.4, 0.5) is 0 Å². The summed E-state index contributed by atoms with van der Waals surface area (Å²) in [6.07, 6.45) is 3.02. The van der Waals surface area contributed by atoms with E-state index >= 15 is 0 Å². The molecule has 0 amide bonds. The lowest BCUT2D eigenvalue weighted by atomic mass is 10.0. The van der Waals surface area contributed by atoms with Crippen molar-refractivity contribution >= 4 is 64.8 Å². The molecule has 0 saturated carbocycles. The summed E-state index contributed by atoms with van der Waals surface area (Å²) in [5.74, 6) is 0. The highest BCUT2D eigenvalue weighted by molar-refractivity contribution is 7.26. The van der Waals surface area contributed by atoms with Crippen molar-refractivity contribution in [1.29, 1.82) is 0 Å². The number of hydrogen-bond acceptors (Lipinski definition) is 1. The van der Waals surface area contributed by atoms with Crippen molar-refractivity contribution in [3.05, 3.63) is 72.4 Å². The third-order valence-corrected chi connectivity index (χ3v) is 6.91. The Morgan fingerprint density at radius 1 is 0.923 bits per heavy atom. The highest BCUT2D eigenvalue weighted by Crippen LogP contribution is 2.45. The number of aromatic nitrogens is 1. The first-order valence-corrected chi connectivity index (χ1v) is 9.89. The van der Waals surface area contributed by atoms with E-state index in [1.54, 1.807) is 0 Å². The Labute approximate surface area is 155 Å². The number of aryl methyl sites for hydroxylation is 1. The van der Waals surface area contributed by atoms with Gasteiger partial charge in [-0.1, -0.05) is 62.0 Å². The van der Waals surface area contributed by atoms with Crippen molar-refractivity contribution in [3.63, 3.8) is 0 Å². The minimum absolute atomic E-state index is 0.999. The van der Waals surface area contributed by atoms with Crippen molar-refractivity contribution in [2.24, 2.45) is 0 Å². The molecule has 6 aromatic rings. The predicted octanol–water partition coefficient (Wildman–Crippen LogP) is 7.26. The molecule has 0 saturated heterocycles. The topological polar surface area (TPSA) is 4.41 Å². The first-order valence-electron chi connectivity index (χ1n) is 9.07. The molecule has 2 heteroatoms. The molecule has 0 unspecified atom stereocenters. The van der Waals surface area contributed by atoms with E-state index in [0.29, 0.717) is 0 Å². The molecule has 0 aliphatic heterocycles. The molecular weight excluding hydrogens is 334 g/mol. The SMILES string of the molecule is C=Cc1c(CC)n2c3ccc4c5ccccc5sc4c3c3cccc1c32. The van der Waals surface area contributed by atoms with Gasteiger partial charge in [-0.05, 0) is 18.6 Å². The summed E-state index contributed by atoms with van der Waals surface area (Å²) in [7, 11) is 0. The van der Waals surface area contributed by atoms with Crippen LogP contribution in [0.25, 0.3) is 53.4 Å². The summed E-state index contributed by atoms with van der Waals surface area (Å²) in [6, 6.07) is 20.1. The molecule has 0 bridgehead atoms. The van der Waals surface area contributed by atoms with Crippen molar-refractivity contribution < 1.29 is 0 Å². The van der Waals surface area contributed by atoms with Gasteiger partial charge in [0.2, 0.25) is 0 Å². The zero-order chi connectivity index (χ0) is 17.4. The summed E-state index contributed by atoms with van der Waals surface area (Å²) >= 11 is 1.92. The molecule has 3 aromatic carbocycles. The minimum atomic E-state index is 0.999. The van der Waals surface area contributed by atoms with E-state index in [9.17, 15) is 0 Å². The maximum absolute atomic E-state index is 4.08. The number of nitrogens with zero attached hydrogens (tertiary/aromatic N) is 1. The standard InChI is InChI=1S/C24H17NS/c1-3-14-16-9-7-10-18-22-20(25(23(16)18)19(14)4-2)13-12-17-15-8-5-6-11-21(15)26-24(17)22/h3,5-13H,1,4H2,2H3. The van der Waals surface area contributed by atoms with Crippen LogP contribution in [0, 0.1) is 0 Å². The van der Waals surface area contributed by atoms with Gasteiger partial charge in [-0.25, -0.2) is 0 Å². The summed E-state index contributed by atoms with van der Waals surface area (Å²) in [6.45, 7) is 6.32. The van der Waals surface area contributed by atoms with Gasteiger partial charge in [-0.3, -0.25) is 0 Å². The second-order valence-corrected chi connectivity index (χ2v) is 7.94. The maximum Gasteiger partial charge on any atom is 0.0617 e. The first-order chi connectivity index (χ1) is 12.8. The molecular formula is C24H17NS. The summed E-state index contributed by atoms with van der Waals surface area (Å²) in [5, 5.41) is 6.81. The van der Waals surface area contributed by atoms with Crippen LogP contribution in [0.3, 0.4) is 0 Å². The second kappa shape index (κ2) is 4.87. The fourth-order valence-electron chi connectivity index (χ4n) is 4.68. The summed E-state index contributed by atoms with van der Waals surface area (Å²) in [5.41, 5.74) is 5.31. The van der Waals surface area contributed by atoms with Crippen molar-refractivity contribution in [2.75, 3.05) is 0 Å². The Bertz CT molecular complexity index is 1480. The minimum Gasteiger partial charge on any atom is -0.312 e. The monoisotopic (exact) mass is 351 g/mol. The number of fused-ring (bicyclic) bond motifs is 7. The molecule has 3 heterocycles. The highest BCUT2D eigenvalue weighted by Gasteiger charge is 2.21. The Balaban J connectivity index is 1.97. The van der Waals surface area contributed by atoms with Crippen molar-refractivity contribution in [3.8, 4) is 0 Å². The lowest BCUT2D eigenvalue weighted by molar-refractivity contribution is 1.02. The second-order valence-electron chi connectivity index (χ2n) is 6.89. The zero-order valence-electron chi connectivity index (χ0n) is 14.5. The van der Waals surface area contributed by atoms with Crippen LogP contribution in [0.2, 0.25) is 0 Å². The van der Waals surface area contributed by atoms with Gasteiger partial charge in [-0.15, -0.1) is 11.3 Å². The largest absolute Gasteiger partial charge is 0.312 e. The Hall–Kier alpha value is -2.84. The Kier molecular flexibility index (Phi) is 2.68. The molecule has 26 heavy (non-hydrogen) atoms. The molecule has 124 valence electrons. The van der Waals surface area contributed by atoms with Gasteiger partial charge in [0.15, 0.2) is 0 Å². The van der Waals surface area contributed by atoms with Gasteiger partial charge in [0.05, 0.1) is 11.0 Å². The van der Waals surface area contributed by atoms with Gasteiger partial charge >= 0.3 is 0 Å². The molecule has 0 aliphatic carbocycles. The molecule has 6 rings (SSSR count). The third kappa shape index (κ3) is 1.52. The number of para-hydroxylation sites is 1. The van der Waals surface area contributed by atoms with Crippen LogP contribution >= 0.6 is 11.3 Å². The normalized spacial score (nSPS) is 12.3. The molecule has 0 spiro atoms. The van der Waals surface area contributed by atoms with E-state index in [4.69, 9.17) is 0 Å². The van der Waals surface area contributed by atoms with Crippen LogP contribution in [0.15, 0.2) is 61.2 Å². The molecule has 0 aliphatic rings. The van der Waals surface area contributed by atoms with E-state index < -0.39 is 0 Å². The van der Waals surface area contributed by atoms with E-state index in [0.717, 1.165) is 6.42 Å². The third-order valence-electron chi connectivity index (χ3n) is 5.70. The van der Waals surface area contributed by atoms with Crippen LogP contribution < -0.4 is 0 Å². The average molecular weight is 351 g/mol. The van der Waals surface area contributed by atoms with E-state index in [1.165, 1.54) is 58.6 Å². The predicted molar refractivity (Wildman–Crippen MR) is 116 cm³/mol. The van der Waals surface area contributed by atoms with Gasteiger partial charge in [0.1, 0.15) is 0 Å². The molecule has 0 radical (unpaired) electrons.